The van der Waals surface area contributed by atoms with Crippen molar-refractivity contribution < 1.29 is 4.84 Å². The van der Waals surface area contributed by atoms with Crippen molar-refractivity contribution in [2.75, 3.05) is 7.11 Å². The molecule has 1 N–H and O–H groups in total. The standard InChI is InChI=1S/C10H11N.C2H6.CH3NO2/c1-7-3-4-10-9(5-7)8(2)6-11-10;1-2;1-4-2-3/h3-6,11H,1-2H3;1-2H3;1H3. The first-order valence-electron chi connectivity index (χ1n) is 5.59. The molecule has 94 valence electrons. The van der Waals surface area contributed by atoms with E-state index in [-0.39, 0.29) is 0 Å². The van der Waals surface area contributed by atoms with Crippen LogP contribution in [-0.2, 0) is 4.84 Å². The van der Waals surface area contributed by atoms with E-state index in [1.807, 2.05) is 25.4 Å². The molecule has 4 nitrogen and oxygen atoms in total. The molecule has 1 heterocycles. The maximum absolute atomic E-state index is 8.70. The number of nitrogens with zero attached hydrogens (tertiary/aromatic N) is 1. The van der Waals surface area contributed by atoms with Crippen molar-refractivity contribution in [1.29, 1.82) is 0 Å². The van der Waals surface area contributed by atoms with E-state index in [0.717, 1.165) is 0 Å². The number of H-pyrrole nitrogens is 1. The molecule has 0 saturated carbocycles. The minimum absolute atomic E-state index is 1.20. The predicted octanol–water partition coefficient (Wildman–Crippen LogP) is 4.13. The van der Waals surface area contributed by atoms with Gasteiger partial charge in [-0.1, -0.05) is 25.5 Å². The quantitative estimate of drug-likeness (QED) is 0.598. The molecule has 2 aromatic rings. The number of aromatic nitrogens is 1. The van der Waals surface area contributed by atoms with Gasteiger partial charge in [-0.2, -0.15) is 0 Å². The third-order valence-corrected chi connectivity index (χ3v) is 2.12. The minimum Gasteiger partial charge on any atom is -0.367 e. The fourth-order valence-electron chi connectivity index (χ4n) is 1.37. The minimum atomic E-state index is 1.20. The van der Waals surface area contributed by atoms with Crippen LogP contribution in [0.4, 0.5) is 0 Å². The molecule has 0 aliphatic heterocycles. The maximum atomic E-state index is 8.70. The highest BCUT2D eigenvalue weighted by molar-refractivity contribution is 5.83. The Morgan fingerprint density at radius 2 is 1.82 bits per heavy atom. The Kier molecular flexibility index (Phi) is 7.43. The Labute approximate surface area is 102 Å². The van der Waals surface area contributed by atoms with Crippen molar-refractivity contribution >= 4 is 10.9 Å². The van der Waals surface area contributed by atoms with Crippen LogP contribution in [0.5, 0.6) is 0 Å². The molecule has 0 aliphatic rings. The smallest absolute Gasteiger partial charge is 0.154 e. The summed E-state index contributed by atoms with van der Waals surface area (Å²) in [6.45, 7) is 8.24. The van der Waals surface area contributed by atoms with Gasteiger partial charge in [0.05, 0.1) is 0 Å². The van der Waals surface area contributed by atoms with E-state index in [2.05, 4.69) is 41.9 Å². The van der Waals surface area contributed by atoms with Gasteiger partial charge in [-0.05, 0) is 31.5 Å². The van der Waals surface area contributed by atoms with Gasteiger partial charge in [0.25, 0.3) is 0 Å². The summed E-state index contributed by atoms with van der Waals surface area (Å²) < 4.78 is 0. The number of aryl methyl sites for hydroxylation is 2. The third-order valence-electron chi connectivity index (χ3n) is 2.12. The summed E-state index contributed by atoms with van der Waals surface area (Å²) in [4.78, 5) is 15.5. The van der Waals surface area contributed by atoms with Crippen LogP contribution >= 0.6 is 0 Å². The van der Waals surface area contributed by atoms with Crippen molar-refractivity contribution in [3.8, 4) is 0 Å². The van der Waals surface area contributed by atoms with Crippen LogP contribution in [0, 0.1) is 18.8 Å². The van der Waals surface area contributed by atoms with Crippen molar-refractivity contribution in [1.82, 2.24) is 4.98 Å². The lowest BCUT2D eigenvalue weighted by atomic mass is 10.1. The normalized spacial score (nSPS) is 8.53. The number of fused-ring (bicyclic) bond motifs is 1. The molecule has 1 aromatic carbocycles. The molecule has 0 aliphatic carbocycles. The number of benzene rings is 1. The van der Waals surface area contributed by atoms with E-state index in [4.69, 9.17) is 4.91 Å². The fourth-order valence-corrected chi connectivity index (χ4v) is 1.37. The Bertz CT molecular complexity index is 450. The van der Waals surface area contributed by atoms with E-state index in [1.165, 1.54) is 29.1 Å². The van der Waals surface area contributed by atoms with Crippen molar-refractivity contribution in [2.45, 2.75) is 27.7 Å². The first-order chi connectivity index (χ1) is 8.19. The number of rotatable bonds is 1. The van der Waals surface area contributed by atoms with Gasteiger partial charge in [-0.25, -0.2) is 0 Å². The van der Waals surface area contributed by atoms with E-state index in [9.17, 15) is 0 Å². The number of nitrogens with one attached hydrogen (secondary N) is 1. The monoisotopic (exact) mass is 236 g/mol. The van der Waals surface area contributed by atoms with Gasteiger partial charge >= 0.3 is 0 Å². The van der Waals surface area contributed by atoms with Gasteiger partial charge in [0, 0.05) is 17.1 Å². The molecule has 1 aromatic heterocycles. The topological polar surface area (TPSA) is 54.4 Å². The molecular formula is C13H20N2O2. The molecule has 0 saturated heterocycles. The predicted molar refractivity (Wildman–Crippen MR) is 71.9 cm³/mol. The van der Waals surface area contributed by atoms with E-state index < -0.39 is 0 Å². The average Bonchev–Trinajstić information content (AvgIpc) is 2.74. The largest absolute Gasteiger partial charge is 0.367 e. The molecule has 2 rings (SSSR count). The van der Waals surface area contributed by atoms with E-state index in [1.54, 1.807) is 0 Å². The SMILES string of the molecule is CC.CON=O.Cc1ccc2[nH]cc(C)c2c1. The van der Waals surface area contributed by atoms with Crippen molar-refractivity contribution in [3.05, 3.63) is 40.4 Å². The highest BCUT2D eigenvalue weighted by Gasteiger charge is 1.97. The maximum Gasteiger partial charge on any atom is 0.154 e. The van der Waals surface area contributed by atoms with Crippen LogP contribution in [-0.4, -0.2) is 12.1 Å². The molecule has 0 amide bonds. The molecule has 0 unspecified atom stereocenters. The Morgan fingerprint density at radius 1 is 1.24 bits per heavy atom. The summed E-state index contributed by atoms with van der Waals surface area (Å²) in [5, 5.41) is 3.32. The number of aromatic amines is 1. The van der Waals surface area contributed by atoms with Crippen LogP contribution in [0.25, 0.3) is 10.9 Å². The highest BCUT2D eigenvalue weighted by atomic mass is 16.7. The second-order valence-electron chi connectivity index (χ2n) is 3.28. The van der Waals surface area contributed by atoms with Gasteiger partial charge in [0.15, 0.2) is 5.34 Å². The summed E-state index contributed by atoms with van der Waals surface area (Å²) in [5.41, 5.74) is 3.87. The van der Waals surface area contributed by atoms with Crippen molar-refractivity contribution in [2.24, 2.45) is 5.34 Å². The molecule has 0 bridgehead atoms. The van der Waals surface area contributed by atoms with Gasteiger partial charge in [0.1, 0.15) is 7.11 Å². The Balaban J connectivity index is 0.000000368. The number of hydrogen-bond donors (Lipinski definition) is 1. The van der Waals surface area contributed by atoms with Gasteiger partial charge in [-0.15, -0.1) is 4.91 Å². The summed E-state index contributed by atoms with van der Waals surface area (Å²) >= 11 is 0. The molecule has 0 atom stereocenters. The van der Waals surface area contributed by atoms with Crippen LogP contribution < -0.4 is 0 Å². The van der Waals surface area contributed by atoms with Crippen LogP contribution in [0.1, 0.15) is 25.0 Å². The molecular weight excluding hydrogens is 216 g/mol. The second-order valence-corrected chi connectivity index (χ2v) is 3.28. The van der Waals surface area contributed by atoms with Gasteiger partial charge < -0.3 is 9.82 Å². The molecule has 0 radical (unpaired) electrons. The van der Waals surface area contributed by atoms with Crippen LogP contribution in [0.15, 0.2) is 29.7 Å². The number of hydrogen-bond acceptors (Lipinski definition) is 3. The molecule has 0 fully saturated rings. The van der Waals surface area contributed by atoms with Gasteiger partial charge in [0.2, 0.25) is 0 Å². The van der Waals surface area contributed by atoms with Gasteiger partial charge in [-0.3, -0.25) is 0 Å². The Hall–Kier alpha value is -1.84. The average molecular weight is 236 g/mol. The van der Waals surface area contributed by atoms with Crippen molar-refractivity contribution in [3.63, 3.8) is 0 Å². The zero-order valence-electron chi connectivity index (χ0n) is 11.1. The van der Waals surface area contributed by atoms with E-state index >= 15 is 0 Å². The lowest BCUT2D eigenvalue weighted by molar-refractivity contribution is 0.208. The van der Waals surface area contributed by atoms with Crippen LogP contribution in [0.2, 0.25) is 0 Å². The Morgan fingerprint density at radius 3 is 2.35 bits per heavy atom. The third kappa shape index (κ3) is 4.68. The lowest BCUT2D eigenvalue weighted by Gasteiger charge is -1.92. The summed E-state index contributed by atoms with van der Waals surface area (Å²) in [5.74, 6) is 0. The highest BCUT2D eigenvalue weighted by Crippen LogP contribution is 2.17. The molecule has 4 heteroatoms. The zero-order valence-corrected chi connectivity index (χ0v) is 11.1. The zero-order chi connectivity index (χ0) is 13.3. The first-order valence-corrected chi connectivity index (χ1v) is 5.59. The van der Waals surface area contributed by atoms with Crippen LogP contribution in [0.3, 0.4) is 0 Å². The summed E-state index contributed by atoms with van der Waals surface area (Å²) in [6, 6.07) is 6.46. The summed E-state index contributed by atoms with van der Waals surface area (Å²) in [7, 11) is 1.20. The van der Waals surface area contributed by atoms with E-state index in [0.29, 0.717) is 0 Å². The fraction of sp³-hybridized carbons (Fsp3) is 0.385. The lowest BCUT2D eigenvalue weighted by Crippen LogP contribution is -1.72. The molecule has 0 spiro atoms. The first kappa shape index (κ1) is 15.2. The summed E-state index contributed by atoms with van der Waals surface area (Å²) in [6.07, 6.45) is 2.05. The second kappa shape index (κ2) is 8.33. The molecule has 17 heavy (non-hydrogen) atoms.